The fourth-order valence-corrected chi connectivity index (χ4v) is 4.28. The Labute approximate surface area is 242 Å². The van der Waals surface area contributed by atoms with Gasteiger partial charge in [0.1, 0.15) is 5.69 Å². The standard InChI is InChI=1S/C34H50N4O2/c1-4-5-6-7-8-9-10-11-12-13-14-15-16-17-18-19-20-21-22-23-33(39)37-27-24-31(25-28-37)35-34(40)32-26-29-38(36-32)30(2)3/h5-6,8-9,11-12,14-15,17-18,20-21,26,29-31H,4,7,10,13,16,19,22-25,27-28H2,1-3H3,(H,35,40)/b6-5-,9-8-,12-11-,15-14-,18-17-,21-20-. The lowest BCUT2D eigenvalue weighted by molar-refractivity contribution is -0.132. The predicted octanol–water partition coefficient (Wildman–Crippen LogP) is 7.66. The second-order valence-corrected chi connectivity index (χ2v) is 10.4. The van der Waals surface area contributed by atoms with Crippen LogP contribution in [0.5, 0.6) is 0 Å². The summed E-state index contributed by atoms with van der Waals surface area (Å²) in [5, 5.41) is 7.41. The fraction of sp³-hybridized carbons (Fsp3) is 0.500. The molecule has 1 aliphatic rings. The minimum absolute atomic E-state index is 0.0871. The number of nitrogens with zero attached hydrogens (tertiary/aromatic N) is 3. The van der Waals surface area contributed by atoms with Crippen LogP contribution in [0.4, 0.5) is 0 Å². The molecule has 1 aromatic heterocycles. The predicted molar refractivity (Wildman–Crippen MR) is 167 cm³/mol. The Morgan fingerprint density at radius 2 is 1.35 bits per heavy atom. The van der Waals surface area contributed by atoms with Gasteiger partial charge in [-0.05, 0) is 77.7 Å². The van der Waals surface area contributed by atoms with E-state index in [1.165, 1.54) is 0 Å². The highest BCUT2D eigenvalue weighted by Gasteiger charge is 2.24. The van der Waals surface area contributed by atoms with Gasteiger partial charge in [0.15, 0.2) is 0 Å². The number of carbonyl (C=O) groups is 2. The molecular weight excluding hydrogens is 496 g/mol. The van der Waals surface area contributed by atoms with Gasteiger partial charge in [-0.15, -0.1) is 0 Å². The van der Waals surface area contributed by atoms with Gasteiger partial charge in [0, 0.05) is 37.8 Å². The Morgan fingerprint density at radius 1 is 0.850 bits per heavy atom. The number of aromatic nitrogens is 2. The molecule has 1 N–H and O–H groups in total. The average molecular weight is 547 g/mol. The minimum Gasteiger partial charge on any atom is -0.348 e. The molecule has 0 atom stereocenters. The molecule has 1 fully saturated rings. The molecule has 2 rings (SSSR count). The number of hydrogen-bond acceptors (Lipinski definition) is 3. The summed E-state index contributed by atoms with van der Waals surface area (Å²) in [5.41, 5.74) is 0.448. The first kappa shape index (κ1) is 32.8. The summed E-state index contributed by atoms with van der Waals surface area (Å²) in [4.78, 5) is 27.0. The lowest BCUT2D eigenvalue weighted by Crippen LogP contribution is -2.46. The van der Waals surface area contributed by atoms with Gasteiger partial charge in [-0.1, -0.05) is 79.8 Å². The van der Waals surface area contributed by atoms with Crippen LogP contribution in [0.2, 0.25) is 0 Å². The van der Waals surface area contributed by atoms with Gasteiger partial charge in [-0.25, -0.2) is 0 Å². The van der Waals surface area contributed by atoms with E-state index < -0.39 is 0 Å². The van der Waals surface area contributed by atoms with Crippen LogP contribution in [-0.4, -0.2) is 45.6 Å². The number of hydrogen-bond donors (Lipinski definition) is 1. The number of nitrogens with one attached hydrogen (secondary N) is 1. The van der Waals surface area contributed by atoms with Crippen molar-refractivity contribution < 1.29 is 9.59 Å². The normalized spacial score (nSPS) is 15.4. The van der Waals surface area contributed by atoms with Crippen molar-refractivity contribution in [2.75, 3.05) is 13.1 Å². The van der Waals surface area contributed by atoms with Crippen molar-refractivity contribution in [3.8, 4) is 0 Å². The van der Waals surface area contributed by atoms with Crippen molar-refractivity contribution in [3.63, 3.8) is 0 Å². The van der Waals surface area contributed by atoms with Crippen LogP contribution >= 0.6 is 0 Å². The third-order valence-electron chi connectivity index (χ3n) is 6.67. The second kappa shape index (κ2) is 20.5. The van der Waals surface area contributed by atoms with Gasteiger partial charge < -0.3 is 10.2 Å². The topological polar surface area (TPSA) is 67.2 Å². The van der Waals surface area contributed by atoms with Gasteiger partial charge in [-0.3, -0.25) is 14.3 Å². The van der Waals surface area contributed by atoms with Crippen molar-refractivity contribution in [2.24, 2.45) is 0 Å². The number of amides is 2. The van der Waals surface area contributed by atoms with Crippen LogP contribution in [0.25, 0.3) is 0 Å². The van der Waals surface area contributed by atoms with Crippen LogP contribution in [0.15, 0.2) is 85.2 Å². The number of rotatable bonds is 17. The Hall–Kier alpha value is -3.41. The molecule has 6 nitrogen and oxygen atoms in total. The number of piperidine rings is 1. The van der Waals surface area contributed by atoms with Crippen molar-refractivity contribution in [3.05, 3.63) is 90.9 Å². The molecule has 40 heavy (non-hydrogen) atoms. The highest BCUT2D eigenvalue weighted by molar-refractivity contribution is 5.92. The monoisotopic (exact) mass is 546 g/mol. The summed E-state index contributed by atoms with van der Waals surface area (Å²) in [5.74, 6) is 0.0572. The van der Waals surface area contributed by atoms with Gasteiger partial charge in [-0.2, -0.15) is 5.10 Å². The molecule has 2 heterocycles. The Kier molecular flexibility index (Phi) is 16.8. The van der Waals surface area contributed by atoms with Crippen molar-refractivity contribution >= 4 is 11.8 Å². The lowest BCUT2D eigenvalue weighted by atomic mass is 10.0. The first-order valence-corrected chi connectivity index (χ1v) is 15.0. The van der Waals surface area contributed by atoms with E-state index in [2.05, 4.69) is 90.3 Å². The molecule has 218 valence electrons. The summed E-state index contributed by atoms with van der Waals surface area (Å²) >= 11 is 0. The maximum atomic E-state index is 12.6. The van der Waals surface area contributed by atoms with Crippen molar-refractivity contribution in [1.82, 2.24) is 20.0 Å². The lowest BCUT2D eigenvalue weighted by Gasteiger charge is -2.32. The third kappa shape index (κ3) is 14.1. The zero-order valence-electron chi connectivity index (χ0n) is 24.9. The van der Waals surface area contributed by atoms with E-state index in [1.807, 2.05) is 24.9 Å². The van der Waals surface area contributed by atoms with E-state index in [-0.39, 0.29) is 23.9 Å². The van der Waals surface area contributed by atoms with E-state index in [4.69, 9.17) is 0 Å². The maximum absolute atomic E-state index is 12.6. The highest BCUT2D eigenvalue weighted by Crippen LogP contribution is 2.13. The van der Waals surface area contributed by atoms with Crippen LogP contribution in [0.3, 0.4) is 0 Å². The average Bonchev–Trinajstić information content (AvgIpc) is 3.46. The van der Waals surface area contributed by atoms with E-state index in [0.29, 0.717) is 25.2 Å². The van der Waals surface area contributed by atoms with E-state index in [1.54, 1.807) is 10.7 Å². The van der Waals surface area contributed by atoms with Crippen LogP contribution < -0.4 is 5.32 Å². The summed E-state index contributed by atoms with van der Waals surface area (Å²) < 4.78 is 1.79. The Balaban J connectivity index is 1.49. The first-order valence-electron chi connectivity index (χ1n) is 15.0. The molecular formula is C34H50N4O2. The Bertz CT molecular complexity index is 1030. The summed E-state index contributed by atoms with van der Waals surface area (Å²) in [7, 11) is 0. The molecule has 6 heteroatoms. The van der Waals surface area contributed by atoms with E-state index in [0.717, 1.165) is 57.8 Å². The summed E-state index contributed by atoms with van der Waals surface area (Å²) in [6, 6.07) is 2.07. The van der Waals surface area contributed by atoms with E-state index in [9.17, 15) is 9.59 Å². The molecule has 2 amide bonds. The van der Waals surface area contributed by atoms with Crippen LogP contribution in [-0.2, 0) is 4.79 Å². The molecule has 0 radical (unpaired) electrons. The number of likely N-dealkylation sites (tertiary alicyclic amines) is 1. The molecule has 0 bridgehead atoms. The molecule has 0 unspecified atom stereocenters. The minimum atomic E-state index is -0.137. The third-order valence-corrected chi connectivity index (χ3v) is 6.67. The molecule has 0 spiro atoms. The van der Waals surface area contributed by atoms with Gasteiger partial charge in [0.05, 0.1) is 0 Å². The zero-order valence-corrected chi connectivity index (χ0v) is 24.9. The second-order valence-electron chi connectivity index (χ2n) is 10.4. The first-order chi connectivity index (χ1) is 19.5. The van der Waals surface area contributed by atoms with E-state index >= 15 is 0 Å². The molecule has 1 aromatic rings. The Morgan fingerprint density at radius 3 is 1.82 bits per heavy atom. The van der Waals surface area contributed by atoms with Gasteiger partial charge >= 0.3 is 0 Å². The number of allylic oxidation sites excluding steroid dienone is 12. The quantitative estimate of drug-likeness (QED) is 0.204. The fourth-order valence-electron chi connectivity index (χ4n) is 4.28. The molecule has 0 saturated carbocycles. The molecule has 0 aliphatic carbocycles. The highest BCUT2D eigenvalue weighted by atomic mass is 16.2. The largest absolute Gasteiger partial charge is 0.348 e. The zero-order chi connectivity index (χ0) is 28.8. The summed E-state index contributed by atoms with van der Waals surface area (Å²) in [6.07, 6.45) is 36.9. The molecule has 1 saturated heterocycles. The van der Waals surface area contributed by atoms with Gasteiger partial charge in [0.25, 0.3) is 5.91 Å². The van der Waals surface area contributed by atoms with Crippen LogP contribution in [0, 0.1) is 0 Å². The number of carbonyl (C=O) groups excluding carboxylic acids is 2. The summed E-state index contributed by atoms with van der Waals surface area (Å²) in [6.45, 7) is 7.59. The maximum Gasteiger partial charge on any atom is 0.271 e. The molecule has 0 aromatic carbocycles. The van der Waals surface area contributed by atoms with Crippen molar-refractivity contribution in [2.45, 2.75) is 97.1 Å². The van der Waals surface area contributed by atoms with Crippen LogP contribution in [0.1, 0.15) is 102 Å². The van der Waals surface area contributed by atoms with Gasteiger partial charge in [0.2, 0.25) is 5.91 Å². The smallest absolute Gasteiger partial charge is 0.271 e. The SMILES string of the molecule is CC/C=C\C/C=C\C/C=C\C/C=C\C/C=C\C/C=C\CCC(=O)N1CCC(NC(=O)c2ccn(C(C)C)n2)CC1. The molecule has 1 aliphatic heterocycles. The van der Waals surface area contributed by atoms with Crippen molar-refractivity contribution in [1.29, 1.82) is 0 Å².